The number of carbonyl (C=O) groups is 1. The predicted octanol–water partition coefficient (Wildman–Crippen LogP) is 3.06. The summed E-state index contributed by atoms with van der Waals surface area (Å²) in [6.07, 6.45) is -0.952. The van der Waals surface area contributed by atoms with Crippen LogP contribution in [0.3, 0.4) is 0 Å². The molecule has 0 aliphatic carbocycles. The number of carbonyl (C=O) groups excluding carboxylic acids is 1. The monoisotopic (exact) mass is 306 g/mol. The highest BCUT2D eigenvalue weighted by molar-refractivity contribution is 5.95. The first-order chi connectivity index (χ1) is 10.2. The van der Waals surface area contributed by atoms with E-state index in [1.165, 1.54) is 31.2 Å². The molecule has 0 radical (unpaired) electrons. The van der Waals surface area contributed by atoms with Crippen molar-refractivity contribution >= 4 is 5.91 Å². The molecule has 22 heavy (non-hydrogen) atoms. The van der Waals surface area contributed by atoms with Crippen LogP contribution in [0.4, 0.5) is 4.39 Å². The zero-order valence-electron chi connectivity index (χ0n) is 13.0. The quantitative estimate of drug-likeness (QED) is 0.914. The maximum Gasteiger partial charge on any atom is 0.290 e. The number of nitrogens with zero attached hydrogens (tertiary/aromatic N) is 1. The third-order valence-electron chi connectivity index (χ3n) is 2.96. The first-order valence-corrected chi connectivity index (χ1v) is 6.95. The number of aliphatic hydroxyl groups excluding tert-OH is 1. The van der Waals surface area contributed by atoms with Gasteiger partial charge in [-0.2, -0.15) is 0 Å². The van der Waals surface area contributed by atoms with Crippen molar-refractivity contribution in [1.29, 1.82) is 0 Å². The number of rotatable bonds is 3. The standard InChI is InChI=1S/C16H19FN2O3/c1-9(20)12-13(10-5-7-11(17)8-6-10)19-22-14(12)15(21)18-16(2,3)4/h5-9,20H,1-4H3,(H,18,21)/t9-/m0/s1. The summed E-state index contributed by atoms with van der Waals surface area (Å²) >= 11 is 0. The Hall–Kier alpha value is -2.21. The third-order valence-corrected chi connectivity index (χ3v) is 2.96. The van der Waals surface area contributed by atoms with E-state index in [0.29, 0.717) is 11.3 Å². The average Bonchev–Trinajstić information content (AvgIpc) is 2.82. The molecule has 0 bridgehead atoms. The molecule has 1 aromatic carbocycles. The van der Waals surface area contributed by atoms with E-state index in [4.69, 9.17) is 4.52 Å². The molecule has 1 heterocycles. The topological polar surface area (TPSA) is 75.4 Å². The molecule has 0 saturated carbocycles. The lowest BCUT2D eigenvalue weighted by Gasteiger charge is -2.19. The SMILES string of the molecule is C[C@H](O)c1c(-c2ccc(F)cc2)noc1C(=O)NC(C)(C)C. The number of hydrogen-bond donors (Lipinski definition) is 2. The molecule has 1 atom stereocenters. The fourth-order valence-corrected chi connectivity index (χ4v) is 2.06. The van der Waals surface area contributed by atoms with Gasteiger partial charge in [0, 0.05) is 11.1 Å². The Kier molecular flexibility index (Phi) is 4.32. The van der Waals surface area contributed by atoms with Gasteiger partial charge in [-0.05, 0) is 52.0 Å². The fourth-order valence-electron chi connectivity index (χ4n) is 2.06. The Bertz CT molecular complexity index is 670. The van der Waals surface area contributed by atoms with Gasteiger partial charge in [0.05, 0.1) is 11.7 Å². The van der Waals surface area contributed by atoms with Gasteiger partial charge >= 0.3 is 0 Å². The number of halogens is 1. The molecule has 0 aliphatic rings. The van der Waals surface area contributed by atoms with Crippen molar-refractivity contribution in [1.82, 2.24) is 10.5 Å². The van der Waals surface area contributed by atoms with Crippen LogP contribution in [0.1, 0.15) is 49.9 Å². The van der Waals surface area contributed by atoms with E-state index in [1.807, 2.05) is 20.8 Å². The van der Waals surface area contributed by atoms with Crippen molar-refractivity contribution in [2.45, 2.75) is 39.3 Å². The van der Waals surface area contributed by atoms with E-state index in [1.54, 1.807) is 0 Å². The van der Waals surface area contributed by atoms with E-state index >= 15 is 0 Å². The Morgan fingerprint density at radius 1 is 1.32 bits per heavy atom. The Morgan fingerprint density at radius 2 is 1.91 bits per heavy atom. The molecule has 2 rings (SSSR count). The Balaban J connectivity index is 2.46. The summed E-state index contributed by atoms with van der Waals surface area (Å²) in [6, 6.07) is 5.60. The number of nitrogens with one attached hydrogen (secondary N) is 1. The molecule has 2 aromatic rings. The molecule has 0 spiro atoms. The lowest BCUT2D eigenvalue weighted by Crippen LogP contribution is -2.40. The molecule has 0 saturated heterocycles. The largest absolute Gasteiger partial charge is 0.388 e. The van der Waals surface area contributed by atoms with E-state index in [0.717, 1.165) is 0 Å². The molecule has 6 heteroatoms. The van der Waals surface area contributed by atoms with Gasteiger partial charge in [0.15, 0.2) is 0 Å². The van der Waals surface area contributed by atoms with Crippen LogP contribution >= 0.6 is 0 Å². The maximum absolute atomic E-state index is 13.0. The third kappa shape index (κ3) is 3.51. The van der Waals surface area contributed by atoms with E-state index < -0.39 is 17.6 Å². The smallest absolute Gasteiger partial charge is 0.290 e. The fraction of sp³-hybridized carbons (Fsp3) is 0.375. The number of benzene rings is 1. The zero-order valence-corrected chi connectivity index (χ0v) is 13.0. The van der Waals surface area contributed by atoms with Crippen LogP contribution < -0.4 is 5.32 Å². The van der Waals surface area contributed by atoms with E-state index in [9.17, 15) is 14.3 Å². The van der Waals surface area contributed by atoms with Crippen LogP contribution in [0.15, 0.2) is 28.8 Å². The van der Waals surface area contributed by atoms with Crippen LogP contribution in [0.5, 0.6) is 0 Å². The summed E-state index contributed by atoms with van der Waals surface area (Å²) < 4.78 is 18.2. The highest BCUT2D eigenvalue weighted by atomic mass is 19.1. The van der Waals surface area contributed by atoms with Gasteiger partial charge in [0.25, 0.3) is 5.91 Å². The molecule has 0 aliphatic heterocycles. The summed E-state index contributed by atoms with van der Waals surface area (Å²) in [5, 5.41) is 16.6. The second kappa shape index (κ2) is 5.88. The first kappa shape index (κ1) is 16.2. The molecule has 5 nitrogen and oxygen atoms in total. The number of aromatic nitrogens is 1. The minimum atomic E-state index is -0.952. The maximum atomic E-state index is 13.0. The van der Waals surface area contributed by atoms with Crippen LogP contribution in [0.25, 0.3) is 11.3 Å². The van der Waals surface area contributed by atoms with Gasteiger partial charge < -0.3 is 14.9 Å². The van der Waals surface area contributed by atoms with Crippen molar-refractivity contribution in [2.75, 3.05) is 0 Å². The van der Waals surface area contributed by atoms with Gasteiger partial charge in [-0.15, -0.1) is 0 Å². The van der Waals surface area contributed by atoms with Crippen LogP contribution in [-0.4, -0.2) is 21.7 Å². The lowest BCUT2D eigenvalue weighted by atomic mass is 10.0. The summed E-state index contributed by atoms with van der Waals surface area (Å²) in [5.74, 6) is -0.870. The number of aliphatic hydroxyl groups is 1. The van der Waals surface area contributed by atoms with Gasteiger partial charge in [-0.25, -0.2) is 4.39 Å². The van der Waals surface area contributed by atoms with Crippen molar-refractivity contribution in [2.24, 2.45) is 0 Å². The summed E-state index contributed by atoms with van der Waals surface area (Å²) in [4.78, 5) is 12.3. The number of hydrogen-bond acceptors (Lipinski definition) is 4. The highest BCUT2D eigenvalue weighted by Crippen LogP contribution is 2.30. The summed E-state index contributed by atoms with van der Waals surface area (Å²) in [6.45, 7) is 7.03. The second-order valence-corrected chi connectivity index (χ2v) is 6.16. The minimum absolute atomic E-state index is 0.0377. The van der Waals surface area contributed by atoms with Gasteiger partial charge in [0.2, 0.25) is 5.76 Å². The highest BCUT2D eigenvalue weighted by Gasteiger charge is 2.28. The molecular weight excluding hydrogens is 287 g/mol. The molecule has 0 fully saturated rings. The predicted molar refractivity (Wildman–Crippen MR) is 79.8 cm³/mol. The minimum Gasteiger partial charge on any atom is -0.388 e. The normalized spacial score (nSPS) is 13.0. The van der Waals surface area contributed by atoms with Crippen molar-refractivity contribution < 1.29 is 18.8 Å². The molecule has 0 unspecified atom stereocenters. The average molecular weight is 306 g/mol. The molecule has 1 aromatic heterocycles. The Morgan fingerprint density at radius 3 is 2.41 bits per heavy atom. The van der Waals surface area contributed by atoms with Crippen LogP contribution in [0, 0.1) is 5.82 Å². The van der Waals surface area contributed by atoms with Gasteiger partial charge in [-0.1, -0.05) is 5.16 Å². The molecule has 2 N–H and O–H groups in total. The van der Waals surface area contributed by atoms with E-state index in [2.05, 4.69) is 10.5 Å². The van der Waals surface area contributed by atoms with Crippen LogP contribution in [-0.2, 0) is 0 Å². The summed E-state index contributed by atoms with van der Waals surface area (Å²) in [5.41, 5.74) is 0.730. The van der Waals surface area contributed by atoms with Crippen molar-refractivity contribution in [3.8, 4) is 11.3 Å². The molecule has 118 valence electrons. The molecular formula is C16H19FN2O3. The van der Waals surface area contributed by atoms with Crippen LogP contribution in [0.2, 0.25) is 0 Å². The van der Waals surface area contributed by atoms with Crippen molar-refractivity contribution in [3.63, 3.8) is 0 Å². The zero-order chi connectivity index (χ0) is 16.5. The van der Waals surface area contributed by atoms with E-state index in [-0.39, 0.29) is 17.1 Å². The second-order valence-electron chi connectivity index (χ2n) is 6.16. The lowest BCUT2D eigenvalue weighted by molar-refractivity contribution is 0.0873. The summed E-state index contributed by atoms with van der Waals surface area (Å²) in [7, 11) is 0. The van der Waals surface area contributed by atoms with Gasteiger partial charge in [0.1, 0.15) is 11.5 Å². The molecule has 1 amide bonds. The first-order valence-electron chi connectivity index (χ1n) is 6.95. The number of amides is 1. The Labute approximate surface area is 128 Å². The van der Waals surface area contributed by atoms with Gasteiger partial charge in [-0.3, -0.25) is 4.79 Å². The van der Waals surface area contributed by atoms with Crippen molar-refractivity contribution in [3.05, 3.63) is 41.4 Å².